The van der Waals surface area contributed by atoms with Crippen LogP contribution in [0.25, 0.3) is 5.76 Å². The predicted octanol–water partition coefficient (Wildman–Crippen LogP) is 4.10. The maximum atomic E-state index is 13.3. The van der Waals surface area contributed by atoms with Crippen molar-refractivity contribution in [2.45, 2.75) is 19.9 Å². The van der Waals surface area contributed by atoms with Crippen molar-refractivity contribution in [2.24, 2.45) is 0 Å². The number of hydrogen-bond donors (Lipinski definition) is 1. The minimum atomic E-state index is -0.826. The molecule has 1 amide bonds. The lowest BCUT2D eigenvalue weighted by molar-refractivity contribution is -0.132. The third-order valence-electron chi connectivity index (χ3n) is 5.74. The van der Waals surface area contributed by atoms with Crippen LogP contribution in [0.5, 0.6) is 11.5 Å². The first-order valence-corrected chi connectivity index (χ1v) is 10.6. The molecule has 1 saturated heterocycles. The fourth-order valence-electron chi connectivity index (χ4n) is 4.39. The number of hydrogen-bond acceptors (Lipinski definition) is 6. The van der Waals surface area contributed by atoms with Gasteiger partial charge in [0.05, 0.1) is 11.6 Å². The summed E-state index contributed by atoms with van der Waals surface area (Å²) in [5, 5.41) is 11.3. The fourth-order valence-corrected chi connectivity index (χ4v) is 4.39. The number of fused-ring (bicyclic) bond motifs is 1. The van der Waals surface area contributed by atoms with Crippen LogP contribution in [0.3, 0.4) is 0 Å². The number of rotatable bonds is 3. The van der Waals surface area contributed by atoms with Crippen molar-refractivity contribution in [3.05, 3.63) is 88.8 Å². The molecule has 0 radical (unpaired) electrons. The number of carbonyl (C=O) groups excluding carboxylic acids is 2. The van der Waals surface area contributed by atoms with Gasteiger partial charge < -0.3 is 14.6 Å². The lowest BCUT2D eigenvalue weighted by atomic mass is 9.96. The van der Waals surface area contributed by atoms with Crippen LogP contribution in [0.2, 0.25) is 0 Å². The molecule has 2 aromatic carbocycles. The van der Waals surface area contributed by atoms with Gasteiger partial charge in [-0.3, -0.25) is 19.5 Å². The Morgan fingerprint density at radius 1 is 1.00 bits per heavy atom. The van der Waals surface area contributed by atoms with E-state index < -0.39 is 17.7 Å². The maximum Gasteiger partial charge on any atom is 0.300 e. The van der Waals surface area contributed by atoms with Crippen molar-refractivity contribution in [3.63, 3.8) is 0 Å². The number of carbonyl (C=O) groups is 2. The average molecular weight is 442 g/mol. The molecular formula is C26H22N2O5. The van der Waals surface area contributed by atoms with Crippen LogP contribution < -0.4 is 14.4 Å². The number of pyridine rings is 1. The monoisotopic (exact) mass is 442 g/mol. The van der Waals surface area contributed by atoms with Crippen molar-refractivity contribution < 1.29 is 24.2 Å². The van der Waals surface area contributed by atoms with Gasteiger partial charge in [-0.1, -0.05) is 12.1 Å². The Labute approximate surface area is 190 Å². The first-order chi connectivity index (χ1) is 15.9. The van der Waals surface area contributed by atoms with Crippen molar-refractivity contribution in [1.29, 1.82) is 0 Å². The largest absolute Gasteiger partial charge is 0.507 e. The third-order valence-corrected chi connectivity index (χ3v) is 5.74. The van der Waals surface area contributed by atoms with Gasteiger partial charge in [0.1, 0.15) is 19.0 Å². The number of Topliss-reactive ketones (excluding diaryl/α,β-unsaturated/α-hetero) is 1. The van der Waals surface area contributed by atoms with Crippen molar-refractivity contribution in [2.75, 3.05) is 18.1 Å². The van der Waals surface area contributed by atoms with E-state index in [4.69, 9.17) is 9.47 Å². The highest BCUT2D eigenvalue weighted by atomic mass is 16.6. The first-order valence-electron chi connectivity index (χ1n) is 10.6. The second-order valence-electron chi connectivity index (χ2n) is 8.16. The van der Waals surface area contributed by atoms with E-state index in [1.807, 2.05) is 32.0 Å². The van der Waals surface area contributed by atoms with Crippen molar-refractivity contribution in [1.82, 2.24) is 4.98 Å². The summed E-state index contributed by atoms with van der Waals surface area (Å²) in [6.07, 6.45) is 3.22. The summed E-state index contributed by atoms with van der Waals surface area (Å²) in [5.74, 6) is -0.682. The molecule has 0 aliphatic carbocycles. The van der Waals surface area contributed by atoms with Gasteiger partial charge >= 0.3 is 0 Å². The first kappa shape index (κ1) is 20.8. The number of ketones is 1. The van der Waals surface area contributed by atoms with E-state index in [2.05, 4.69) is 4.98 Å². The summed E-state index contributed by atoms with van der Waals surface area (Å²) < 4.78 is 11.2. The summed E-state index contributed by atoms with van der Waals surface area (Å²) >= 11 is 0. The Morgan fingerprint density at radius 2 is 1.73 bits per heavy atom. The molecule has 2 aliphatic heterocycles. The lowest BCUT2D eigenvalue weighted by Gasteiger charge is -2.26. The molecule has 7 heteroatoms. The topological polar surface area (TPSA) is 89.0 Å². The summed E-state index contributed by atoms with van der Waals surface area (Å²) in [7, 11) is 0. The van der Waals surface area contributed by atoms with Crippen LogP contribution >= 0.6 is 0 Å². The summed E-state index contributed by atoms with van der Waals surface area (Å²) in [4.78, 5) is 32.1. The van der Waals surface area contributed by atoms with E-state index in [-0.39, 0.29) is 11.3 Å². The fraction of sp³-hybridized carbons (Fsp3) is 0.192. The molecule has 1 fully saturated rings. The summed E-state index contributed by atoms with van der Waals surface area (Å²) in [5.41, 5.74) is 3.50. The second-order valence-corrected chi connectivity index (χ2v) is 8.16. The van der Waals surface area contributed by atoms with Crippen LogP contribution in [0.15, 0.2) is 66.5 Å². The molecule has 3 heterocycles. The quantitative estimate of drug-likeness (QED) is 0.373. The third kappa shape index (κ3) is 3.61. The number of aryl methyl sites for hydroxylation is 2. The molecule has 5 rings (SSSR count). The van der Waals surface area contributed by atoms with Crippen LogP contribution in [0, 0.1) is 13.8 Å². The van der Waals surface area contributed by atoms with E-state index in [1.165, 1.54) is 4.90 Å². The van der Waals surface area contributed by atoms with Crippen LogP contribution in [-0.2, 0) is 9.59 Å². The SMILES string of the molecule is Cc1cc(C)cc(N2C(=O)C(=O)/C(=C(\O)c3ccc4c(c3)OCCO4)C2c2cccnc2)c1. The molecule has 2 aliphatic rings. The normalized spacial score (nSPS) is 19.1. The Morgan fingerprint density at radius 3 is 2.42 bits per heavy atom. The van der Waals surface area contributed by atoms with Crippen LogP contribution in [-0.4, -0.2) is 35.0 Å². The standard InChI is InChI=1S/C26H22N2O5/c1-15-10-16(2)12-19(11-15)28-23(18-4-3-7-27-14-18)22(25(30)26(28)31)24(29)17-5-6-20-21(13-17)33-9-8-32-20/h3-7,10-14,23,29H,8-9H2,1-2H3/b24-22-. The van der Waals surface area contributed by atoms with E-state index in [1.54, 1.807) is 42.7 Å². The minimum Gasteiger partial charge on any atom is -0.507 e. The number of nitrogens with zero attached hydrogens (tertiary/aromatic N) is 2. The molecule has 1 aromatic heterocycles. The van der Waals surface area contributed by atoms with E-state index in [0.29, 0.717) is 41.5 Å². The second kappa shape index (κ2) is 8.09. The maximum absolute atomic E-state index is 13.3. The van der Waals surface area contributed by atoms with E-state index in [9.17, 15) is 14.7 Å². The number of aliphatic hydroxyl groups excluding tert-OH is 1. The van der Waals surface area contributed by atoms with Gasteiger partial charge in [0.15, 0.2) is 11.5 Å². The van der Waals surface area contributed by atoms with Gasteiger partial charge in [-0.05, 0) is 66.9 Å². The van der Waals surface area contributed by atoms with Gasteiger partial charge in [-0.25, -0.2) is 0 Å². The number of aliphatic hydroxyl groups is 1. The van der Waals surface area contributed by atoms with Crippen molar-refractivity contribution >= 4 is 23.1 Å². The minimum absolute atomic E-state index is 0.00355. The zero-order chi connectivity index (χ0) is 23.1. The molecule has 0 saturated carbocycles. The van der Waals surface area contributed by atoms with Crippen LogP contribution in [0.4, 0.5) is 5.69 Å². The van der Waals surface area contributed by atoms with E-state index >= 15 is 0 Å². The van der Waals surface area contributed by atoms with Gasteiger partial charge in [0, 0.05) is 23.6 Å². The molecule has 1 atom stereocenters. The summed E-state index contributed by atoms with van der Waals surface area (Å²) in [6, 6.07) is 13.3. The number of benzene rings is 2. The molecule has 3 aromatic rings. The number of anilines is 1. The smallest absolute Gasteiger partial charge is 0.300 e. The Hall–Kier alpha value is -4.13. The van der Waals surface area contributed by atoms with Gasteiger partial charge in [0.25, 0.3) is 11.7 Å². The highest BCUT2D eigenvalue weighted by Crippen LogP contribution is 2.43. The van der Waals surface area contributed by atoms with Crippen molar-refractivity contribution in [3.8, 4) is 11.5 Å². The molecule has 1 N–H and O–H groups in total. The number of ether oxygens (including phenoxy) is 2. The number of amides is 1. The summed E-state index contributed by atoms with van der Waals surface area (Å²) in [6.45, 7) is 4.70. The Kier molecular flexibility index (Phi) is 5.09. The van der Waals surface area contributed by atoms with Gasteiger partial charge in [-0.2, -0.15) is 0 Å². The molecule has 33 heavy (non-hydrogen) atoms. The molecule has 0 spiro atoms. The zero-order valence-corrected chi connectivity index (χ0v) is 18.2. The Balaban J connectivity index is 1.70. The highest BCUT2D eigenvalue weighted by molar-refractivity contribution is 6.51. The van der Waals surface area contributed by atoms with Gasteiger partial charge in [0.2, 0.25) is 0 Å². The lowest BCUT2D eigenvalue weighted by Crippen LogP contribution is -2.29. The highest BCUT2D eigenvalue weighted by Gasteiger charge is 2.47. The molecule has 1 unspecified atom stereocenters. The molecular weight excluding hydrogens is 420 g/mol. The number of aromatic nitrogens is 1. The van der Waals surface area contributed by atoms with E-state index in [0.717, 1.165) is 11.1 Å². The Bertz CT molecular complexity index is 1280. The molecule has 166 valence electrons. The van der Waals surface area contributed by atoms with Crippen LogP contribution in [0.1, 0.15) is 28.3 Å². The average Bonchev–Trinajstić information content (AvgIpc) is 3.08. The van der Waals surface area contributed by atoms with Gasteiger partial charge in [-0.15, -0.1) is 0 Å². The molecule has 7 nitrogen and oxygen atoms in total. The predicted molar refractivity (Wildman–Crippen MR) is 122 cm³/mol. The zero-order valence-electron chi connectivity index (χ0n) is 18.2. The molecule has 0 bridgehead atoms.